The monoisotopic (exact) mass is 410 g/mol. The van der Waals surface area contributed by atoms with Gasteiger partial charge >= 0.3 is 5.97 Å². The normalized spacial score (nSPS) is 12.9. The van der Waals surface area contributed by atoms with Crippen LogP contribution in [0.15, 0.2) is 36.4 Å². The van der Waals surface area contributed by atoms with E-state index in [2.05, 4.69) is 10.3 Å². The lowest BCUT2D eigenvalue weighted by Crippen LogP contribution is -2.37. The molecule has 2 rings (SSSR count). The minimum atomic E-state index is -1.48. The van der Waals surface area contributed by atoms with Crippen LogP contribution in [-0.4, -0.2) is 34.6 Å². The van der Waals surface area contributed by atoms with Gasteiger partial charge in [-0.05, 0) is 50.1 Å². The zero-order valence-corrected chi connectivity index (χ0v) is 16.4. The number of hydrogen-bond donors (Lipinski definition) is 2. The van der Waals surface area contributed by atoms with Gasteiger partial charge in [-0.25, -0.2) is 9.78 Å². The maximum atomic E-state index is 12.2. The highest BCUT2D eigenvalue weighted by Gasteiger charge is 2.21. The number of benzene rings is 1. The van der Waals surface area contributed by atoms with Crippen molar-refractivity contribution in [2.75, 3.05) is 6.61 Å². The van der Waals surface area contributed by atoms with E-state index >= 15 is 0 Å². The van der Waals surface area contributed by atoms with Crippen LogP contribution in [0.5, 0.6) is 0 Å². The Kier molecular flexibility index (Phi) is 7.59. The van der Waals surface area contributed by atoms with Gasteiger partial charge in [-0.2, -0.15) is 0 Å². The number of carbonyl (C=O) groups is 2. The molecule has 1 heterocycles. The number of halogens is 2. The van der Waals surface area contributed by atoms with Gasteiger partial charge in [0.15, 0.2) is 6.10 Å². The fourth-order valence-corrected chi connectivity index (χ4v) is 2.96. The van der Waals surface area contributed by atoms with Crippen LogP contribution in [0.3, 0.4) is 0 Å². The first-order valence-corrected chi connectivity index (χ1v) is 9.13. The lowest BCUT2D eigenvalue weighted by molar-refractivity contribution is -0.130. The maximum absolute atomic E-state index is 12.2. The SMILES string of the molecule is CCOC(=O)c1ccc(CC(C)NC(=O)C(O)c2cc(Cl)cc(Cl)n2)cc1. The largest absolute Gasteiger partial charge is 0.462 e. The molecule has 1 amide bonds. The van der Waals surface area contributed by atoms with Crippen molar-refractivity contribution in [1.82, 2.24) is 10.3 Å². The van der Waals surface area contributed by atoms with Gasteiger partial charge in [-0.3, -0.25) is 4.79 Å². The summed E-state index contributed by atoms with van der Waals surface area (Å²) in [6.07, 6.45) is -0.958. The number of esters is 1. The van der Waals surface area contributed by atoms with Crippen LogP contribution in [0.4, 0.5) is 0 Å². The number of nitrogens with one attached hydrogen (secondary N) is 1. The zero-order valence-electron chi connectivity index (χ0n) is 14.9. The Morgan fingerprint density at radius 1 is 1.22 bits per heavy atom. The summed E-state index contributed by atoms with van der Waals surface area (Å²) < 4.78 is 4.94. The lowest BCUT2D eigenvalue weighted by atomic mass is 10.0. The summed E-state index contributed by atoms with van der Waals surface area (Å²) in [6, 6.07) is 9.49. The van der Waals surface area contributed by atoms with Crippen LogP contribution in [0, 0.1) is 0 Å². The van der Waals surface area contributed by atoms with Crippen LogP contribution in [0.2, 0.25) is 10.2 Å². The van der Waals surface area contributed by atoms with E-state index in [0.717, 1.165) is 5.56 Å². The second kappa shape index (κ2) is 9.69. The molecule has 8 heteroatoms. The van der Waals surface area contributed by atoms with Gasteiger partial charge in [0.05, 0.1) is 17.9 Å². The highest BCUT2D eigenvalue weighted by atomic mass is 35.5. The molecule has 2 N–H and O–H groups in total. The first-order valence-electron chi connectivity index (χ1n) is 8.37. The van der Waals surface area contributed by atoms with Gasteiger partial charge in [0, 0.05) is 11.1 Å². The van der Waals surface area contributed by atoms with Crippen LogP contribution in [-0.2, 0) is 16.0 Å². The third-order valence-corrected chi connectivity index (χ3v) is 4.11. The number of hydrogen-bond acceptors (Lipinski definition) is 5. The molecule has 2 unspecified atom stereocenters. The Morgan fingerprint density at radius 2 is 1.89 bits per heavy atom. The molecule has 144 valence electrons. The quantitative estimate of drug-likeness (QED) is 0.539. The summed E-state index contributed by atoms with van der Waals surface area (Å²) in [4.78, 5) is 27.8. The van der Waals surface area contributed by atoms with Crippen LogP contribution >= 0.6 is 23.2 Å². The van der Waals surface area contributed by atoms with E-state index in [1.54, 1.807) is 31.2 Å². The molecule has 27 heavy (non-hydrogen) atoms. The highest BCUT2D eigenvalue weighted by Crippen LogP contribution is 2.20. The topological polar surface area (TPSA) is 88.5 Å². The number of amides is 1. The summed E-state index contributed by atoms with van der Waals surface area (Å²) >= 11 is 11.7. The number of nitrogens with zero attached hydrogens (tertiary/aromatic N) is 1. The molecule has 0 fully saturated rings. The molecular weight excluding hydrogens is 391 g/mol. The van der Waals surface area contributed by atoms with Crippen LogP contribution in [0.1, 0.15) is 41.6 Å². The van der Waals surface area contributed by atoms with Crippen molar-refractivity contribution < 1.29 is 19.4 Å². The molecule has 0 aliphatic heterocycles. The Morgan fingerprint density at radius 3 is 2.48 bits per heavy atom. The molecule has 2 atom stereocenters. The predicted molar refractivity (Wildman–Crippen MR) is 103 cm³/mol. The predicted octanol–water partition coefficient (Wildman–Crippen LogP) is 3.35. The Labute approximate surface area is 167 Å². The van der Waals surface area contributed by atoms with Crippen molar-refractivity contribution in [3.63, 3.8) is 0 Å². The minimum absolute atomic E-state index is 0.0796. The molecule has 0 aliphatic rings. The Bertz CT molecular complexity index is 792. The summed E-state index contributed by atoms with van der Waals surface area (Å²) in [5.74, 6) is -0.974. The van der Waals surface area contributed by atoms with Gasteiger partial charge in [-0.1, -0.05) is 35.3 Å². The number of ether oxygens (including phenoxy) is 1. The van der Waals surface area contributed by atoms with E-state index in [0.29, 0.717) is 18.6 Å². The molecular formula is C19H20Cl2N2O4. The third-order valence-electron chi connectivity index (χ3n) is 3.70. The fraction of sp³-hybridized carbons (Fsp3) is 0.316. The average molecular weight is 411 g/mol. The molecule has 1 aromatic carbocycles. The van der Waals surface area contributed by atoms with Crippen molar-refractivity contribution in [3.05, 3.63) is 63.4 Å². The average Bonchev–Trinajstić information content (AvgIpc) is 2.60. The summed E-state index contributed by atoms with van der Waals surface area (Å²) in [6.45, 7) is 3.87. The summed E-state index contributed by atoms with van der Waals surface area (Å²) in [5.41, 5.74) is 1.47. The van der Waals surface area contributed by atoms with Crippen LogP contribution < -0.4 is 5.32 Å². The molecule has 0 radical (unpaired) electrons. The number of pyridine rings is 1. The van der Waals surface area contributed by atoms with Crippen molar-refractivity contribution in [2.24, 2.45) is 0 Å². The van der Waals surface area contributed by atoms with Gasteiger partial charge < -0.3 is 15.2 Å². The summed E-state index contributed by atoms with van der Waals surface area (Å²) in [7, 11) is 0. The molecule has 0 spiro atoms. The lowest BCUT2D eigenvalue weighted by Gasteiger charge is -2.17. The smallest absolute Gasteiger partial charge is 0.338 e. The summed E-state index contributed by atoms with van der Waals surface area (Å²) in [5, 5.41) is 13.3. The molecule has 2 aromatic rings. The number of aromatic nitrogens is 1. The van der Waals surface area contributed by atoms with Gasteiger partial charge in [0.25, 0.3) is 5.91 Å². The van der Waals surface area contributed by atoms with Crippen molar-refractivity contribution in [3.8, 4) is 0 Å². The standard InChI is InChI=1S/C19H20Cl2N2O4/c1-3-27-19(26)13-6-4-12(5-7-13)8-11(2)22-18(25)17(24)15-9-14(20)10-16(21)23-15/h4-7,9-11,17,24H,3,8H2,1-2H3,(H,22,25). The van der Waals surface area contributed by atoms with Gasteiger partial charge in [-0.15, -0.1) is 0 Å². The fourth-order valence-electron chi connectivity index (χ4n) is 2.48. The second-order valence-corrected chi connectivity index (χ2v) is 6.79. The number of rotatable bonds is 7. The first-order chi connectivity index (χ1) is 12.8. The van der Waals surface area contributed by atoms with Crippen LogP contribution in [0.25, 0.3) is 0 Å². The highest BCUT2D eigenvalue weighted by molar-refractivity contribution is 6.33. The zero-order chi connectivity index (χ0) is 20.0. The van der Waals surface area contributed by atoms with E-state index in [4.69, 9.17) is 27.9 Å². The third kappa shape index (κ3) is 6.20. The van der Waals surface area contributed by atoms with Crippen molar-refractivity contribution >= 4 is 35.1 Å². The number of aliphatic hydroxyl groups is 1. The molecule has 0 aliphatic carbocycles. The van der Waals surface area contributed by atoms with E-state index in [-0.39, 0.29) is 27.9 Å². The van der Waals surface area contributed by atoms with Gasteiger partial charge in [0.2, 0.25) is 0 Å². The molecule has 0 saturated heterocycles. The van der Waals surface area contributed by atoms with Gasteiger partial charge in [0.1, 0.15) is 5.15 Å². The molecule has 6 nitrogen and oxygen atoms in total. The maximum Gasteiger partial charge on any atom is 0.338 e. The number of carbonyl (C=O) groups excluding carboxylic acids is 2. The first kappa shape index (κ1) is 21.2. The Hall–Kier alpha value is -2.15. The van der Waals surface area contributed by atoms with Crippen molar-refractivity contribution in [2.45, 2.75) is 32.4 Å². The number of aliphatic hydroxyl groups excluding tert-OH is 1. The minimum Gasteiger partial charge on any atom is -0.462 e. The molecule has 1 aromatic heterocycles. The van der Waals surface area contributed by atoms with E-state index in [1.807, 2.05) is 6.92 Å². The molecule has 0 bridgehead atoms. The Balaban J connectivity index is 1.95. The van der Waals surface area contributed by atoms with Crippen molar-refractivity contribution in [1.29, 1.82) is 0 Å². The second-order valence-electron chi connectivity index (χ2n) is 5.97. The molecule has 0 saturated carbocycles. The van der Waals surface area contributed by atoms with E-state index in [9.17, 15) is 14.7 Å². The van der Waals surface area contributed by atoms with E-state index < -0.39 is 12.0 Å². The van der Waals surface area contributed by atoms with E-state index in [1.165, 1.54) is 12.1 Å².